The molecule has 0 spiro atoms. The molecule has 0 N–H and O–H groups in total. The molecule has 1 aliphatic heterocycles. The van der Waals surface area contributed by atoms with Crippen LogP contribution in [0.3, 0.4) is 0 Å². The summed E-state index contributed by atoms with van der Waals surface area (Å²) < 4.78 is 0. The Morgan fingerprint density at radius 3 is 1.07 bits per heavy atom. The third-order valence-electron chi connectivity index (χ3n) is 7.74. The van der Waals surface area contributed by atoms with Crippen LogP contribution in [-0.2, 0) is 53.7 Å². The average molecular weight is 612 g/mol. The molecule has 6 bridgehead atoms. The van der Waals surface area contributed by atoms with Crippen LogP contribution >= 0.6 is 0 Å². The number of benzene rings is 1. The molecular formula is C37H49N5O3. The normalized spacial score (nSPS) is 14.5. The predicted molar refractivity (Wildman–Crippen MR) is 176 cm³/mol. The third-order valence-corrected chi connectivity index (χ3v) is 7.74. The Labute approximate surface area is 268 Å². The molecule has 2 aromatic heterocycles. The summed E-state index contributed by atoms with van der Waals surface area (Å²) in [6, 6.07) is 12.3. The molecule has 0 unspecified atom stereocenters. The van der Waals surface area contributed by atoms with Gasteiger partial charge >= 0.3 is 0 Å². The number of pyridine rings is 2. The van der Waals surface area contributed by atoms with Crippen molar-refractivity contribution in [3.8, 4) is 0 Å². The van der Waals surface area contributed by atoms with E-state index < -0.39 is 0 Å². The number of amides is 3. The summed E-state index contributed by atoms with van der Waals surface area (Å²) in [6.07, 6.45) is 8.55. The standard InChI is InChI=1S/C37H49N5O3/c1-26(2)10-35(43)40-20-29-8-7-9-30(13-29)21-41(36(44)11-27(3)4)23-32-15-34(19-39-17-32)25-42(37(45)12-28(5)6)24-33-14-31(22-40)16-38-18-33/h7-9,13-19,26-28H,10-12,20-25H2,1-6H3. The molecular weight excluding hydrogens is 562 g/mol. The lowest BCUT2D eigenvalue weighted by atomic mass is 10.0. The molecule has 8 nitrogen and oxygen atoms in total. The van der Waals surface area contributed by atoms with Gasteiger partial charge in [0.1, 0.15) is 0 Å². The van der Waals surface area contributed by atoms with Gasteiger partial charge in [-0.2, -0.15) is 0 Å². The maximum Gasteiger partial charge on any atom is 0.223 e. The summed E-state index contributed by atoms with van der Waals surface area (Å²) in [4.78, 5) is 55.2. The largest absolute Gasteiger partial charge is 0.334 e. The lowest BCUT2D eigenvalue weighted by Crippen LogP contribution is -2.33. The second kappa shape index (κ2) is 15.8. The summed E-state index contributed by atoms with van der Waals surface area (Å²) in [5.74, 6) is 0.920. The van der Waals surface area contributed by atoms with Gasteiger partial charge < -0.3 is 14.7 Å². The van der Waals surface area contributed by atoms with Crippen LogP contribution in [0.25, 0.3) is 0 Å². The van der Waals surface area contributed by atoms with E-state index >= 15 is 0 Å². The number of nitrogens with zero attached hydrogens (tertiary/aromatic N) is 5. The molecule has 0 fully saturated rings. The van der Waals surface area contributed by atoms with Gasteiger partial charge in [0.2, 0.25) is 17.7 Å². The summed E-state index contributed by atoms with van der Waals surface area (Å²) >= 11 is 0. The molecule has 240 valence electrons. The fourth-order valence-corrected chi connectivity index (χ4v) is 5.71. The summed E-state index contributed by atoms with van der Waals surface area (Å²) in [5.41, 5.74) is 5.71. The van der Waals surface area contributed by atoms with E-state index in [1.807, 2.05) is 46.7 Å². The molecule has 0 radical (unpaired) electrons. The fourth-order valence-electron chi connectivity index (χ4n) is 5.71. The first kappa shape index (κ1) is 33.8. The number of rotatable bonds is 6. The van der Waals surface area contributed by atoms with Gasteiger partial charge in [-0.3, -0.25) is 24.4 Å². The SMILES string of the molecule is CC(C)CC(=O)N1Cc2cccc(c2)CN(C(=O)CC(C)C)Cc2cncc(c2)CN(C(=O)CC(C)C)Cc2cncc(c2)C1. The molecule has 0 atom stereocenters. The average Bonchev–Trinajstić information content (AvgIpc) is 2.95. The van der Waals surface area contributed by atoms with Gasteiger partial charge in [-0.05, 0) is 63.3 Å². The van der Waals surface area contributed by atoms with Crippen molar-refractivity contribution >= 4 is 17.7 Å². The van der Waals surface area contributed by atoms with Gasteiger partial charge in [-0.1, -0.05) is 65.8 Å². The van der Waals surface area contributed by atoms with Crippen LogP contribution in [0.1, 0.15) is 94.2 Å². The highest BCUT2D eigenvalue weighted by Crippen LogP contribution is 2.21. The van der Waals surface area contributed by atoms with Gasteiger partial charge in [0.15, 0.2) is 0 Å². The van der Waals surface area contributed by atoms with Crippen molar-refractivity contribution in [2.75, 3.05) is 0 Å². The van der Waals surface area contributed by atoms with E-state index in [-0.39, 0.29) is 35.5 Å². The second-order valence-corrected chi connectivity index (χ2v) is 13.8. The Bertz CT molecular complexity index is 1230. The van der Waals surface area contributed by atoms with Crippen LogP contribution in [0.4, 0.5) is 0 Å². The van der Waals surface area contributed by atoms with Crippen LogP contribution in [0.15, 0.2) is 61.2 Å². The van der Waals surface area contributed by atoms with Crippen molar-refractivity contribution in [3.63, 3.8) is 0 Å². The molecule has 3 amide bonds. The van der Waals surface area contributed by atoms with E-state index in [2.05, 4.69) is 55.9 Å². The van der Waals surface area contributed by atoms with Gasteiger partial charge in [0.25, 0.3) is 0 Å². The number of carbonyl (C=O) groups is 3. The van der Waals surface area contributed by atoms with Gasteiger partial charge in [0.05, 0.1) is 0 Å². The van der Waals surface area contributed by atoms with Gasteiger partial charge in [-0.25, -0.2) is 0 Å². The van der Waals surface area contributed by atoms with Crippen LogP contribution in [-0.4, -0.2) is 42.4 Å². The Balaban J connectivity index is 1.78. The fraction of sp³-hybridized carbons (Fsp3) is 0.486. The minimum Gasteiger partial charge on any atom is -0.334 e. The zero-order valence-electron chi connectivity index (χ0n) is 27.8. The highest BCUT2D eigenvalue weighted by molar-refractivity contribution is 5.77. The number of hydrogen-bond acceptors (Lipinski definition) is 5. The maximum atomic E-state index is 13.5. The minimum absolute atomic E-state index is 0.0659. The Morgan fingerprint density at radius 2 is 0.778 bits per heavy atom. The van der Waals surface area contributed by atoms with Gasteiger partial charge in [0, 0.05) is 83.3 Å². The Morgan fingerprint density at radius 1 is 0.511 bits per heavy atom. The van der Waals surface area contributed by atoms with Crippen LogP contribution in [0, 0.1) is 17.8 Å². The monoisotopic (exact) mass is 611 g/mol. The van der Waals surface area contributed by atoms with Gasteiger partial charge in [-0.15, -0.1) is 0 Å². The smallest absolute Gasteiger partial charge is 0.223 e. The van der Waals surface area contributed by atoms with E-state index in [1.165, 1.54) is 0 Å². The minimum atomic E-state index is 0.0659. The number of hydrogen-bond donors (Lipinski definition) is 0. The maximum absolute atomic E-state index is 13.5. The lowest BCUT2D eigenvalue weighted by molar-refractivity contribution is -0.134. The van der Waals surface area contributed by atoms with E-state index in [9.17, 15) is 14.4 Å². The van der Waals surface area contributed by atoms with Crippen LogP contribution in [0.2, 0.25) is 0 Å². The molecule has 0 aliphatic carbocycles. The third kappa shape index (κ3) is 10.5. The predicted octanol–water partition coefficient (Wildman–Crippen LogP) is 6.51. The van der Waals surface area contributed by atoms with Crippen molar-refractivity contribution in [3.05, 3.63) is 94.6 Å². The molecule has 3 heterocycles. The first-order valence-electron chi connectivity index (χ1n) is 16.2. The molecule has 4 rings (SSSR count). The molecule has 45 heavy (non-hydrogen) atoms. The lowest BCUT2D eigenvalue weighted by Gasteiger charge is -2.27. The van der Waals surface area contributed by atoms with Crippen molar-refractivity contribution in [2.24, 2.45) is 17.8 Å². The van der Waals surface area contributed by atoms with Crippen LogP contribution in [0.5, 0.6) is 0 Å². The Kier molecular flexibility index (Phi) is 11.9. The van der Waals surface area contributed by atoms with Crippen molar-refractivity contribution in [1.29, 1.82) is 0 Å². The zero-order chi connectivity index (χ0) is 32.5. The summed E-state index contributed by atoms with van der Waals surface area (Å²) in [6.45, 7) is 14.9. The van der Waals surface area contributed by atoms with Crippen molar-refractivity contribution in [1.82, 2.24) is 24.7 Å². The Hall–Kier alpha value is -4.07. The molecule has 3 aromatic rings. The highest BCUT2D eigenvalue weighted by atomic mass is 16.2. The zero-order valence-corrected chi connectivity index (χ0v) is 27.8. The van der Waals surface area contributed by atoms with Crippen LogP contribution < -0.4 is 0 Å². The summed E-state index contributed by atoms with van der Waals surface area (Å²) in [7, 11) is 0. The van der Waals surface area contributed by atoms with E-state index in [0.717, 1.165) is 33.4 Å². The molecule has 0 saturated carbocycles. The second-order valence-electron chi connectivity index (χ2n) is 13.8. The molecule has 0 saturated heterocycles. The first-order chi connectivity index (χ1) is 21.4. The molecule has 1 aliphatic rings. The highest BCUT2D eigenvalue weighted by Gasteiger charge is 2.21. The molecule has 8 heteroatoms. The topological polar surface area (TPSA) is 86.7 Å². The van der Waals surface area contributed by atoms with E-state index in [1.54, 1.807) is 24.8 Å². The van der Waals surface area contributed by atoms with E-state index in [0.29, 0.717) is 58.5 Å². The quantitative estimate of drug-likeness (QED) is 0.317. The first-order valence-corrected chi connectivity index (χ1v) is 16.2. The number of carbonyl (C=O) groups excluding carboxylic acids is 3. The number of fused-ring (bicyclic) bond motifs is 6. The van der Waals surface area contributed by atoms with E-state index in [4.69, 9.17) is 0 Å². The van der Waals surface area contributed by atoms with Crippen molar-refractivity contribution in [2.45, 2.75) is 100 Å². The summed E-state index contributed by atoms with van der Waals surface area (Å²) in [5, 5.41) is 0. The number of aromatic nitrogens is 2. The van der Waals surface area contributed by atoms with Crippen molar-refractivity contribution < 1.29 is 14.4 Å². The molecule has 1 aromatic carbocycles.